The van der Waals surface area contributed by atoms with Crippen LogP contribution < -0.4 is 5.73 Å². The molecule has 2 rings (SSSR count). The fourth-order valence-corrected chi connectivity index (χ4v) is 2.45. The van der Waals surface area contributed by atoms with Gasteiger partial charge in [-0.05, 0) is 26.0 Å². The van der Waals surface area contributed by atoms with Crippen LogP contribution in [0.4, 0.5) is 0 Å². The van der Waals surface area contributed by atoms with Crippen LogP contribution in [0.5, 0.6) is 0 Å². The van der Waals surface area contributed by atoms with Crippen LogP contribution in [0.2, 0.25) is 0 Å². The first-order valence-corrected chi connectivity index (χ1v) is 6.14. The third-order valence-electron chi connectivity index (χ3n) is 2.56. The van der Waals surface area contributed by atoms with E-state index < -0.39 is 0 Å². The summed E-state index contributed by atoms with van der Waals surface area (Å²) in [7, 11) is 2.20. The standard InChI is InChI=1S/C12H16N2S/c1-14(11-4-5-11)8-12-7-10(9-15-12)3-2-6-13/h7,9,11H,4-6,8,13H2,1H3. The third-order valence-corrected chi connectivity index (χ3v) is 3.49. The molecule has 0 bridgehead atoms. The zero-order chi connectivity index (χ0) is 10.7. The van der Waals surface area contributed by atoms with E-state index in [1.165, 1.54) is 17.7 Å². The first-order valence-electron chi connectivity index (χ1n) is 5.26. The van der Waals surface area contributed by atoms with E-state index in [-0.39, 0.29) is 0 Å². The van der Waals surface area contributed by atoms with Gasteiger partial charge in [-0.1, -0.05) is 11.8 Å². The number of nitrogens with two attached hydrogens (primary N) is 1. The van der Waals surface area contributed by atoms with Crippen molar-refractivity contribution < 1.29 is 0 Å². The van der Waals surface area contributed by atoms with Gasteiger partial charge in [0.1, 0.15) is 0 Å². The average Bonchev–Trinajstić information content (AvgIpc) is 2.99. The molecule has 1 aliphatic rings. The molecule has 15 heavy (non-hydrogen) atoms. The first kappa shape index (κ1) is 10.7. The SMILES string of the molecule is CN(Cc1cc(C#CCN)cs1)C1CC1. The monoisotopic (exact) mass is 220 g/mol. The highest BCUT2D eigenvalue weighted by atomic mass is 32.1. The van der Waals surface area contributed by atoms with Crippen LogP contribution >= 0.6 is 11.3 Å². The van der Waals surface area contributed by atoms with E-state index in [2.05, 4.69) is 35.2 Å². The Morgan fingerprint density at radius 3 is 3.07 bits per heavy atom. The molecule has 1 aromatic heterocycles. The number of hydrogen-bond donors (Lipinski definition) is 1. The van der Waals surface area contributed by atoms with E-state index in [1.54, 1.807) is 11.3 Å². The molecule has 0 saturated heterocycles. The molecular formula is C12H16N2S. The fraction of sp³-hybridized carbons (Fsp3) is 0.500. The minimum atomic E-state index is 0.438. The zero-order valence-corrected chi connectivity index (χ0v) is 9.81. The van der Waals surface area contributed by atoms with Crippen LogP contribution in [0.1, 0.15) is 23.3 Å². The van der Waals surface area contributed by atoms with Crippen LogP contribution in [0, 0.1) is 11.8 Å². The molecule has 1 fully saturated rings. The van der Waals surface area contributed by atoms with Gasteiger partial charge in [-0.15, -0.1) is 11.3 Å². The van der Waals surface area contributed by atoms with Gasteiger partial charge in [-0.3, -0.25) is 4.90 Å². The van der Waals surface area contributed by atoms with Crippen LogP contribution in [0.15, 0.2) is 11.4 Å². The minimum Gasteiger partial charge on any atom is -0.320 e. The van der Waals surface area contributed by atoms with E-state index in [1.807, 2.05) is 0 Å². The normalized spacial score (nSPS) is 15.1. The van der Waals surface area contributed by atoms with Crippen LogP contribution in [0.25, 0.3) is 0 Å². The maximum Gasteiger partial charge on any atom is 0.0555 e. The highest BCUT2D eigenvalue weighted by Gasteiger charge is 2.25. The molecule has 2 N–H and O–H groups in total. The van der Waals surface area contributed by atoms with Gasteiger partial charge in [0.05, 0.1) is 6.54 Å². The largest absolute Gasteiger partial charge is 0.320 e. The van der Waals surface area contributed by atoms with Gasteiger partial charge in [-0.2, -0.15) is 0 Å². The highest BCUT2D eigenvalue weighted by molar-refractivity contribution is 7.10. The first-order chi connectivity index (χ1) is 7.29. The molecule has 0 atom stereocenters. The topological polar surface area (TPSA) is 29.3 Å². The van der Waals surface area contributed by atoms with E-state index in [9.17, 15) is 0 Å². The summed E-state index contributed by atoms with van der Waals surface area (Å²) < 4.78 is 0. The van der Waals surface area contributed by atoms with Crippen molar-refractivity contribution in [1.29, 1.82) is 0 Å². The Hall–Kier alpha value is -0.820. The Bertz CT molecular complexity index is 382. The van der Waals surface area contributed by atoms with Gasteiger partial charge in [-0.25, -0.2) is 0 Å². The molecule has 2 nitrogen and oxygen atoms in total. The average molecular weight is 220 g/mol. The summed E-state index contributed by atoms with van der Waals surface area (Å²) in [6.07, 6.45) is 2.73. The Morgan fingerprint density at radius 1 is 1.60 bits per heavy atom. The van der Waals surface area contributed by atoms with Crippen LogP contribution in [-0.4, -0.2) is 24.5 Å². The van der Waals surface area contributed by atoms with E-state index >= 15 is 0 Å². The molecule has 3 heteroatoms. The zero-order valence-electron chi connectivity index (χ0n) is 8.99. The Labute approximate surface area is 95.1 Å². The number of nitrogens with zero attached hydrogens (tertiary/aromatic N) is 1. The summed E-state index contributed by atoms with van der Waals surface area (Å²) in [4.78, 5) is 3.82. The molecule has 0 unspecified atom stereocenters. The van der Waals surface area contributed by atoms with Gasteiger partial charge in [0, 0.05) is 28.4 Å². The Morgan fingerprint density at radius 2 is 2.40 bits per heavy atom. The molecule has 1 heterocycles. The maximum atomic E-state index is 5.33. The summed E-state index contributed by atoms with van der Waals surface area (Å²) in [5.41, 5.74) is 6.43. The number of rotatable bonds is 3. The van der Waals surface area contributed by atoms with Crippen LogP contribution in [-0.2, 0) is 6.54 Å². The van der Waals surface area contributed by atoms with Crippen LogP contribution in [0.3, 0.4) is 0 Å². The number of hydrogen-bond acceptors (Lipinski definition) is 3. The predicted octanol–water partition coefficient (Wildman–Crippen LogP) is 1.65. The van der Waals surface area contributed by atoms with Gasteiger partial charge in [0.15, 0.2) is 0 Å². The van der Waals surface area contributed by atoms with Gasteiger partial charge in [0.2, 0.25) is 0 Å². The summed E-state index contributed by atoms with van der Waals surface area (Å²) >= 11 is 1.79. The Kier molecular flexibility index (Phi) is 3.42. The van der Waals surface area contributed by atoms with Gasteiger partial charge in [0.25, 0.3) is 0 Å². The van der Waals surface area contributed by atoms with Crippen molar-refractivity contribution in [2.24, 2.45) is 5.73 Å². The van der Waals surface area contributed by atoms with E-state index in [4.69, 9.17) is 5.73 Å². The van der Waals surface area contributed by atoms with Crippen molar-refractivity contribution >= 4 is 11.3 Å². The highest BCUT2D eigenvalue weighted by Crippen LogP contribution is 2.27. The number of thiophene rings is 1. The molecule has 0 amide bonds. The molecule has 1 aliphatic carbocycles. The fourth-order valence-electron chi connectivity index (χ4n) is 1.57. The predicted molar refractivity (Wildman–Crippen MR) is 64.7 cm³/mol. The lowest BCUT2D eigenvalue weighted by Gasteiger charge is -2.13. The Balaban J connectivity index is 1.94. The second-order valence-electron chi connectivity index (χ2n) is 3.95. The van der Waals surface area contributed by atoms with Crippen molar-refractivity contribution in [2.75, 3.05) is 13.6 Å². The molecule has 0 aliphatic heterocycles. The smallest absolute Gasteiger partial charge is 0.0555 e. The van der Waals surface area contributed by atoms with E-state index in [0.717, 1.165) is 18.2 Å². The quantitative estimate of drug-likeness (QED) is 0.785. The summed E-state index contributed by atoms with van der Waals surface area (Å²) in [6.45, 7) is 1.49. The van der Waals surface area contributed by atoms with Gasteiger partial charge < -0.3 is 5.73 Å². The molecule has 1 aromatic rings. The van der Waals surface area contributed by atoms with Crippen molar-refractivity contribution in [2.45, 2.75) is 25.4 Å². The molecule has 0 radical (unpaired) electrons. The molecular weight excluding hydrogens is 204 g/mol. The third kappa shape index (κ3) is 3.07. The second-order valence-corrected chi connectivity index (χ2v) is 4.95. The maximum absolute atomic E-state index is 5.33. The summed E-state index contributed by atoms with van der Waals surface area (Å²) in [5, 5.41) is 2.11. The lowest BCUT2D eigenvalue weighted by Crippen LogP contribution is -2.19. The lowest BCUT2D eigenvalue weighted by atomic mass is 10.3. The minimum absolute atomic E-state index is 0.438. The lowest BCUT2D eigenvalue weighted by molar-refractivity contribution is 0.319. The van der Waals surface area contributed by atoms with E-state index in [0.29, 0.717) is 6.54 Å². The molecule has 0 aromatic carbocycles. The molecule has 0 spiro atoms. The summed E-state index contributed by atoms with van der Waals surface area (Å²) in [6, 6.07) is 3.00. The molecule has 1 saturated carbocycles. The van der Waals surface area contributed by atoms with Gasteiger partial charge >= 0.3 is 0 Å². The molecule has 80 valence electrons. The van der Waals surface area contributed by atoms with Crippen molar-refractivity contribution in [3.05, 3.63) is 21.9 Å². The van der Waals surface area contributed by atoms with Crippen molar-refractivity contribution in [3.63, 3.8) is 0 Å². The second kappa shape index (κ2) is 4.80. The van der Waals surface area contributed by atoms with Crippen molar-refractivity contribution in [1.82, 2.24) is 4.90 Å². The van der Waals surface area contributed by atoms with Crippen molar-refractivity contribution in [3.8, 4) is 11.8 Å². The summed E-state index contributed by atoms with van der Waals surface area (Å²) in [5.74, 6) is 5.94.